The van der Waals surface area contributed by atoms with Crippen LogP contribution >= 0.6 is 0 Å². The number of nitrogens with two attached hydrogens (primary N) is 1. The first kappa shape index (κ1) is 12.8. The number of hydrogen-bond acceptors (Lipinski definition) is 4. The van der Waals surface area contributed by atoms with Crippen molar-refractivity contribution < 1.29 is 14.2 Å². The molecule has 4 heteroatoms. The number of methoxy groups -OCH3 is 1. The molecule has 0 bridgehead atoms. The molecule has 0 radical (unpaired) electrons. The monoisotopic (exact) mass is 191 g/mol. The normalized spacial score (nSPS) is 15.7. The van der Waals surface area contributed by atoms with E-state index in [9.17, 15) is 0 Å². The van der Waals surface area contributed by atoms with Crippen LogP contribution in [0.3, 0.4) is 0 Å². The topological polar surface area (TPSA) is 53.7 Å². The standard InChI is InChI=1S/C9H21NO3/c1-8(10)9(2)13-7-6-12-5-4-11-3/h8-9H,4-7,10H2,1-3H3/t8-,9?/m0/s1. The van der Waals surface area contributed by atoms with Gasteiger partial charge in [-0.1, -0.05) is 0 Å². The van der Waals surface area contributed by atoms with Gasteiger partial charge in [0.25, 0.3) is 0 Å². The Bertz CT molecular complexity index is 109. The van der Waals surface area contributed by atoms with E-state index in [4.69, 9.17) is 19.9 Å². The van der Waals surface area contributed by atoms with E-state index in [2.05, 4.69) is 0 Å². The van der Waals surface area contributed by atoms with Crippen molar-refractivity contribution in [3.63, 3.8) is 0 Å². The Labute approximate surface area is 80.3 Å². The molecular formula is C9H21NO3. The van der Waals surface area contributed by atoms with Gasteiger partial charge in [-0.25, -0.2) is 0 Å². The van der Waals surface area contributed by atoms with E-state index in [0.29, 0.717) is 26.4 Å². The van der Waals surface area contributed by atoms with Crippen molar-refractivity contribution in [3.8, 4) is 0 Å². The van der Waals surface area contributed by atoms with Crippen LogP contribution in [-0.2, 0) is 14.2 Å². The summed E-state index contributed by atoms with van der Waals surface area (Å²) in [5.74, 6) is 0. The third-order valence-electron chi connectivity index (χ3n) is 1.78. The Hall–Kier alpha value is -0.160. The number of rotatable bonds is 8. The zero-order valence-electron chi connectivity index (χ0n) is 8.79. The largest absolute Gasteiger partial charge is 0.382 e. The maximum atomic E-state index is 5.61. The fourth-order valence-electron chi connectivity index (χ4n) is 0.689. The van der Waals surface area contributed by atoms with Gasteiger partial charge >= 0.3 is 0 Å². The molecular weight excluding hydrogens is 170 g/mol. The van der Waals surface area contributed by atoms with Gasteiger partial charge < -0.3 is 19.9 Å². The van der Waals surface area contributed by atoms with Gasteiger partial charge in [0.05, 0.1) is 32.5 Å². The Morgan fingerprint density at radius 2 is 1.69 bits per heavy atom. The second kappa shape index (κ2) is 8.44. The molecule has 0 saturated heterocycles. The van der Waals surface area contributed by atoms with E-state index in [1.165, 1.54) is 0 Å². The first-order chi connectivity index (χ1) is 6.18. The first-order valence-electron chi connectivity index (χ1n) is 4.62. The molecule has 0 fully saturated rings. The van der Waals surface area contributed by atoms with Gasteiger partial charge in [-0.2, -0.15) is 0 Å². The molecule has 0 aromatic heterocycles. The minimum Gasteiger partial charge on any atom is -0.382 e. The summed E-state index contributed by atoms with van der Waals surface area (Å²) < 4.78 is 15.4. The summed E-state index contributed by atoms with van der Waals surface area (Å²) in [4.78, 5) is 0. The van der Waals surface area contributed by atoms with E-state index in [0.717, 1.165) is 0 Å². The minimum atomic E-state index is 0.0685. The third kappa shape index (κ3) is 8.18. The van der Waals surface area contributed by atoms with E-state index in [-0.39, 0.29) is 12.1 Å². The second-order valence-electron chi connectivity index (χ2n) is 3.04. The molecule has 13 heavy (non-hydrogen) atoms. The van der Waals surface area contributed by atoms with Crippen molar-refractivity contribution in [2.24, 2.45) is 5.73 Å². The van der Waals surface area contributed by atoms with Gasteiger partial charge in [0.2, 0.25) is 0 Å². The Balaban J connectivity index is 3.07. The predicted octanol–water partition coefficient (Wildman–Crippen LogP) is 0.402. The predicted molar refractivity (Wildman–Crippen MR) is 51.8 cm³/mol. The summed E-state index contributed by atoms with van der Waals surface area (Å²) in [5, 5.41) is 0. The SMILES string of the molecule is COCCOCCOC(C)[C@H](C)N. The lowest BCUT2D eigenvalue weighted by Gasteiger charge is -2.16. The summed E-state index contributed by atoms with van der Waals surface area (Å²) in [6.45, 7) is 6.32. The highest BCUT2D eigenvalue weighted by atomic mass is 16.5. The fourth-order valence-corrected chi connectivity index (χ4v) is 0.689. The Kier molecular flexibility index (Phi) is 8.33. The van der Waals surface area contributed by atoms with Crippen molar-refractivity contribution in [2.45, 2.75) is 26.0 Å². The molecule has 1 unspecified atom stereocenters. The quantitative estimate of drug-likeness (QED) is 0.564. The van der Waals surface area contributed by atoms with E-state index in [1.807, 2.05) is 13.8 Å². The molecule has 0 aliphatic carbocycles. The van der Waals surface area contributed by atoms with Crippen LogP contribution in [0.2, 0.25) is 0 Å². The van der Waals surface area contributed by atoms with Crippen molar-refractivity contribution >= 4 is 0 Å². The van der Waals surface area contributed by atoms with E-state index < -0.39 is 0 Å². The lowest BCUT2D eigenvalue weighted by atomic mass is 10.2. The highest BCUT2D eigenvalue weighted by molar-refractivity contribution is 4.61. The molecule has 2 N–H and O–H groups in total. The van der Waals surface area contributed by atoms with Crippen LogP contribution in [0.4, 0.5) is 0 Å². The molecule has 0 aromatic rings. The maximum absolute atomic E-state index is 5.61. The molecule has 80 valence electrons. The highest BCUT2D eigenvalue weighted by Crippen LogP contribution is 1.94. The van der Waals surface area contributed by atoms with Crippen molar-refractivity contribution in [2.75, 3.05) is 33.5 Å². The van der Waals surface area contributed by atoms with Crippen LogP contribution in [0, 0.1) is 0 Å². The van der Waals surface area contributed by atoms with Gasteiger partial charge in [0.1, 0.15) is 0 Å². The summed E-state index contributed by atoms with van der Waals surface area (Å²) in [6, 6.07) is 0.0685. The van der Waals surface area contributed by atoms with Crippen molar-refractivity contribution in [3.05, 3.63) is 0 Å². The second-order valence-corrected chi connectivity index (χ2v) is 3.04. The molecule has 0 spiro atoms. The van der Waals surface area contributed by atoms with Gasteiger partial charge in [0.15, 0.2) is 0 Å². The van der Waals surface area contributed by atoms with Gasteiger partial charge in [0, 0.05) is 13.2 Å². The van der Waals surface area contributed by atoms with Crippen LogP contribution in [0.25, 0.3) is 0 Å². The highest BCUT2D eigenvalue weighted by Gasteiger charge is 2.06. The van der Waals surface area contributed by atoms with Gasteiger partial charge in [-0.05, 0) is 13.8 Å². The number of ether oxygens (including phenoxy) is 3. The summed E-state index contributed by atoms with van der Waals surface area (Å²) in [6.07, 6.45) is 0.0889. The van der Waals surface area contributed by atoms with Gasteiger partial charge in [-0.3, -0.25) is 0 Å². The Morgan fingerprint density at radius 1 is 1.08 bits per heavy atom. The van der Waals surface area contributed by atoms with Crippen LogP contribution in [-0.4, -0.2) is 45.7 Å². The van der Waals surface area contributed by atoms with Gasteiger partial charge in [-0.15, -0.1) is 0 Å². The lowest BCUT2D eigenvalue weighted by molar-refractivity contribution is -0.00629. The molecule has 0 aliphatic heterocycles. The summed E-state index contributed by atoms with van der Waals surface area (Å²) in [5.41, 5.74) is 5.61. The zero-order chi connectivity index (χ0) is 10.1. The van der Waals surface area contributed by atoms with Crippen molar-refractivity contribution in [1.82, 2.24) is 0 Å². The molecule has 0 rings (SSSR count). The third-order valence-corrected chi connectivity index (χ3v) is 1.78. The molecule has 4 nitrogen and oxygen atoms in total. The molecule has 2 atom stereocenters. The fraction of sp³-hybridized carbons (Fsp3) is 1.00. The smallest absolute Gasteiger partial charge is 0.0704 e. The molecule has 0 saturated carbocycles. The average molecular weight is 191 g/mol. The molecule has 0 aromatic carbocycles. The maximum Gasteiger partial charge on any atom is 0.0704 e. The average Bonchev–Trinajstić information content (AvgIpc) is 2.10. The van der Waals surface area contributed by atoms with Crippen LogP contribution in [0.5, 0.6) is 0 Å². The van der Waals surface area contributed by atoms with E-state index in [1.54, 1.807) is 7.11 Å². The Morgan fingerprint density at radius 3 is 2.23 bits per heavy atom. The molecule has 0 amide bonds. The molecule has 0 aliphatic rings. The minimum absolute atomic E-state index is 0.0685. The lowest BCUT2D eigenvalue weighted by Crippen LogP contribution is -2.32. The number of hydrogen-bond donors (Lipinski definition) is 1. The summed E-state index contributed by atoms with van der Waals surface area (Å²) >= 11 is 0. The molecule has 0 heterocycles. The van der Waals surface area contributed by atoms with Crippen LogP contribution < -0.4 is 5.73 Å². The zero-order valence-corrected chi connectivity index (χ0v) is 8.79. The first-order valence-corrected chi connectivity index (χ1v) is 4.62. The summed E-state index contributed by atoms with van der Waals surface area (Å²) in [7, 11) is 1.65. The van der Waals surface area contributed by atoms with Crippen molar-refractivity contribution in [1.29, 1.82) is 0 Å². The van der Waals surface area contributed by atoms with Crippen LogP contribution in [0.1, 0.15) is 13.8 Å². The van der Waals surface area contributed by atoms with E-state index >= 15 is 0 Å². The van der Waals surface area contributed by atoms with Crippen LogP contribution in [0.15, 0.2) is 0 Å².